The van der Waals surface area contributed by atoms with Crippen molar-refractivity contribution < 1.29 is 14.7 Å². The Kier molecular flexibility index (Phi) is 2.58. The fraction of sp³-hybridized carbons (Fsp3) is 0.727. The molecule has 0 aromatic rings. The Morgan fingerprint density at radius 2 is 1.94 bits per heavy atom. The molecular weight excluding hydrogens is 208 g/mol. The lowest BCUT2D eigenvalue weighted by atomic mass is 9.95. The number of nitrogens with one attached hydrogen (secondary N) is 1. The second-order valence-corrected chi connectivity index (χ2v) is 4.67. The Bertz CT molecular complexity index is 368. The Morgan fingerprint density at radius 1 is 1.31 bits per heavy atom. The van der Waals surface area contributed by atoms with Gasteiger partial charge in [0.15, 0.2) is 0 Å². The van der Waals surface area contributed by atoms with Crippen molar-refractivity contribution in [1.29, 1.82) is 5.26 Å². The highest BCUT2D eigenvalue weighted by molar-refractivity contribution is 5.86. The largest absolute Gasteiger partial charge is 0.481 e. The molecule has 0 heterocycles. The molecule has 5 heteroatoms. The number of nitrogens with zero attached hydrogens (tertiary/aromatic N) is 1. The first-order valence-electron chi connectivity index (χ1n) is 5.54. The van der Waals surface area contributed by atoms with Crippen LogP contribution in [-0.2, 0) is 9.59 Å². The van der Waals surface area contributed by atoms with Crippen LogP contribution in [0.3, 0.4) is 0 Å². The third kappa shape index (κ3) is 1.87. The van der Waals surface area contributed by atoms with Gasteiger partial charge in [0.05, 0.1) is 17.9 Å². The van der Waals surface area contributed by atoms with E-state index in [1.807, 2.05) is 0 Å². The summed E-state index contributed by atoms with van der Waals surface area (Å²) in [7, 11) is 0. The van der Waals surface area contributed by atoms with Crippen molar-refractivity contribution in [2.75, 3.05) is 0 Å². The zero-order valence-corrected chi connectivity index (χ0v) is 8.90. The monoisotopic (exact) mass is 222 g/mol. The van der Waals surface area contributed by atoms with Gasteiger partial charge in [-0.05, 0) is 25.7 Å². The smallest absolute Gasteiger partial charge is 0.307 e. The summed E-state index contributed by atoms with van der Waals surface area (Å²) in [4.78, 5) is 22.8. The number of carbonyl (C=O) groups is 2. The molecule has 0 aliphatic heterocycles. The molecule has 2 atom stereocenters. The predicted molar refractivity (Wildman–Crippen MR) is 54.2 cm³/mol. The summed E-state index contributed by atoms with van der Waals surface area (Å²) < 4.78 is 0. The predicted octanol–water partition coefficient (Wildman–Crippen LogP) is 0.660. The van der Waals surface area contributed by atoms with E-state index >= 15 is 0 Å². The van der Waals surface area contributed by atoms with Crippen molar-refractivity contribution in [3.05, 3.63) is 0 Å². The fourth-order valence-corrected chi connectivity index (χ4v) is 2.29. The molecule has 0 spiro atoms. The van der Waals surface area contributed by atoms with Gasteiger partial charge in [0, 0.05) is 0 Å². The zero-order valence-electron chi connectivity index (χ0n) is 8.90. The van der Waals surface area contributed by atoms with Gasteiger partial charge >= 0.3 is 5.97 Å². The highest BCUT2D eigenvalue weighted by atomic mass is 16.4. The number of carboxylic acids is 1. The van der Waals surface area contributed by atoms with Crippen LogP contribution >= 0.6 is 0 Å². The van der Waals surface area contributed by atoms with Gasteiger partial charge in [-0.3, -0.25) is 9.59 Å². The Morgan fingerprint density at radius 3 is 2.44 bits per heavy atom. The van der Waals surface area contributed by atoms with Gasteiger partial charge in [-0.2, -0.15) is 5.26 Å². The summed E-state index contributed by atoms with van der Waals surface area (Å²) in [5, 5.41) is 20.5. The molecule has 2 aliphatic carbocycles. The molecule has 86 valence electrons. The molecule has 1 amide bonds. The normalized spacial score (nSPS) is 30.4. The van der Waals surface area contributed by atoms with E-state index in [4.69, 9.17) is 10.4 Å². The van der Waals surface area contributed by atoms with E-state index < -0.39 is 23.3 Å². The second kappa shape index (κ2) is 3.78. The van der Waals surface area contributed by atoms with Crippen molar-refractivity contribution in [3.8, 4) is 6.07 Å². The van der Waals surface area contributed by atoms with Crippen LogP contribution in [-0.4, -0.2) is 22.5 Å². The molecule has 2 unspecified atom stereocenters. The quantitative estimate of drug-likeness (QED) is 0.734. The van der Waals surface area contributed by atoms with Gasteiger partial charge in [-0.1, -0.05) is 6.42 Å². The second-order valence-electron chi connectivity index (χ2n) is 4.67. The molecule has 2 N–H and O–H groups in total. The SMILES string of the molecule is N#CC1(NC(=O)C2CCCC2C(=O)O)CC1. The van der Waals surface area contributed by atoms with Crippen LogP contribution in [0.4, 0.5) is 0 Å². The van der Waals surface area contributed by atoms with Crippen LogP contribution in [0.25, 0.3) is 0 Å². The summed E-state index contributed by atoms with van der Waals surface area (Å²) in [6.07, 6.45) is 3.31. The van der Waals surface area contributed by atoms with E-state index in [1.54, 1.807) is 0 Å². The number of amides is 1. The van der Waals surface area contributed by atoms with Gasteiger partial charge in [0.2, 0.25) is 5.91 Å². The minimum Gasteiger partial charge on any atom is -0.481 e. The highest BCUT2D eigenvalue weighted by Gasteiger charge is 2.47. The first-order valence-corrected chi connectivity index (χ1v) is 5.54. The Balaban J connectivity index is 1.99. The standard InChI is InChI=1S/C11H14N2O3/c12-6-11(4-5-11)13-9(14)7-2-1-3-8(7)10(15)16/h7-8H,1-5H2,(H,13,14)(H,15,16). The van der Waals surface area contributed by atoms with Crippen LogP contribution in [0, 0.1) is 23.2 Å². The van der Waals surface area contributed by atoms with Crippen molar-refractivity contribution in [2.45, 2.75) is 37.6 Å². The number of rotatable bonds is 3. The third-order valence-corrected chi connectivity index (χ3v) is 3.50. The summed E-state index contributed by atoms with van der Waals surface area (Å²) in [5.74, 6) is -2.19. The van der Waals surface area contributed by atoms with E-state index in [0.717, 1.165) is 6.42 Å². The van der Waals surface area contributed by atoms with Crippen LogP contribution in [0.2, 0.25) is 0 Å². The Hall–Kier alpha value is -1.57. The molecule has 16 heavy (non-hydrogen) atoms. The first kappa shape index (κ1) is 10.9. The van der Waals surface area contributed by atoms with E-state index in [1.165, 1.54) is 0 Å². The summed E-state index contributed by atoms with van der Waals surface area (Å²) in [6.45, 7) is 0. The average Bonchev–Trinajstić information content (AvgIpc) is 2.83. The fourth-order valence-electron chi connectivity index (χ4n) is 2.29. The lowest BCUT2D eigenvalue weighted by Gasteiger charge is -2.17. The lowest BCUT2D eigenvalue weighted by Crippen LogP contribution is -2.42. The van der Waals surface area contributed by atoms with Gasteiger partial charge < -0.3 is 10.4 Å². The zero-order chi connectivity index (χ0) is 11.8. The van der Waals surface area contributed by atoms with Crippen molar-refractivity contribution in [1.82, 2.24) is 5.32 Å². The number of nitriles is 1. The van der Waals surface area contributed by atoms with Crippen LogP contribution in [0.15, 0.2) is 0 Å². The van der Waals surface area contributed by atoms with Gasteiger partial charge in [-0.25, -0.2) is 0 Å². The molecule has 2 rings (SSSR count). The molecule has 0 aromatic heterocycles. The number of carboxylic acid groups (broad SMARTS) is 1. The molecule has 5 nitrogen and oxygen atoms in total. The molecule has 0 radical (unpaired) electrons. The maximum atomic E-state index is 11.8. The summed E-state index contributed by atoms with van der Waals surface area (Å²) >= 11 is 0. The molecule has 0 aromatic carbocycles. The molecular formula is C11H14N2O3. The summed E-state index contributed by atoms with van der Waals surface area (Å²) in [6, 6.07) is 2.07. The molecule has 2 fully saturated rings. The Labute approximate surface area is 93.4 Å². The van der Waals surface area contributed by atoms with E-state index in [9.17, 15) is 9.59 Å². The molecule has 0 saturated heterocycles. The topological polar surface area (TPSA) is 90.2 Å². The minimum atomic E-state index is -0.903. The van der Waals surface area contributed by atoms with E-state index in [2.05, 4.69) is 11.4 Å². The highest BCUT2D eigenvalue weighted by Crippen LogP contribution is 2.37. The van der Waals surface area contributed by atoms with Crippen molar-refractivity contribution >= 4 is 11.9 Å². The van der Waals surface area contributed by atoms with E-state index in [-0.39, 0.29) is 5.91 Å². The summed E-state index contributed by atoms with van der Waals surface area (Å²) in [5.41, 5.74) is -0.692. The molecule has 2 saturated carbocycles. The maximum absolute atomic E-state index is 11.8. The number of carbonyl (C=O) groups excluding carboxylic acids is 1. The number of hydrogen-bond acceptors (Lipinski definition) is 3. The lowest BCUT2D eigenvalue weighted by molar-refractivity contribution is -0.146. The van der Waals surface area contributed by atoms with Crippen molar-refractivity contribution in [3.63, 3.8) is 0 Å². The van der Waals surface area contributed by atoms with Crippen LogP contribution in [0.5, 0.6) is 0 Å². The first-order chi connectivity index (χ1) is 7.58. The average molecular weight is 222 g/mol. The van der Waals surface area contributed by atoms with Crippen LogP contribution in [0.1, 0.15) is 32.1 Å². The van der Waals surface area contributed by atoms with Gasteiger partial charge in [0.25, 0.3) is 0 Å². The molecule has 0 bridgehead atoms. The number of aliphatic carboxylic acids is 1. The molecule has 2 aliphatic rings. The van der Waals surface area contributed by atoms with E-state index in [0.29, 0.717) is 25.7 Å². The minimum absolute atomic E-state index is 0.260. The van der Waals surface area contributed by atoms with Crippen molar-refractivity contribution in [2.24, 2.45) is 11.8 Å². The van der Waals surface area contributed by atoms with Gasteiger partial charge in [0.1, 0.15) is 5.54 Å². The maximum Gasteiger partial charge on any atom is 0.307 e. The van der Waals surface area contributed by atoms with Crippen LogP contribution < -0.4 is 5.32 Å². The number of hydrogen-bond donors (Lipinski definition) is 2. The third-order valence-electron chi connectivity index (χ3n) is 3.50. The van der Waals surface area contributed by atoms with Gasteiger partial charge in [-0.15, -0.1) is 0 Å².